The second-order valence-electron chi connectivity index (χ2n) is 4.27. The van der Waals surface area contributed by atoms with E-state index in [9.17, 15) is 9.90 Å². The van der Waals surface area contributed by atoms with Crippen LogP contribution in [0.25, 0.3) is 23.1 Å². The van der Waals surface area contributed by atoms with Crippen LogP contribution in [-0.2, 0) is 0 Å². The first kappa shape index (κ1) is 12.2. The number of carboxylic acid groups (broad SMARTS) is 1. The molecule has 0 aliphatic heterocycles. The van der Waals surface area contributed by atoms with Crippen molar-refractivity contribution in [3.8, 4) is 0 Å². The minimum absolute atomic E-state index is 0.245. The third-order valence-corrected chi connectivity index (χ3v) is 2.93. The van der Waals surface area contributed by atoms with Gasteiger partial charge >= 0.3 is 5.97 Å². The quantitative estimate of drug-likeness (QED) is 0.784. The van der Waals surface area contributed by atoms with Crippen molar-refractivity contribution in [2.45, 2.75) is 0 Å². The largest absolute Gasteiger partial charge is 0.478 e. The van der Waals surface area contributed by atoms with Crippen LogP contribution in [0, 0.1) is 0 Å². The van der Waals surface area contributed by atoms with Crippen LogP contribution in [0.2, 0.25) is 0 Å². The maximum Gasteiger partial charge on any atom is 0.336 e. The summed E-state index contributed by atoms with van der Waals surface area (Å²) in [6.45, 7) is 0. The molecule has 0 aliphatic rings. The summed E-state index contributed by atoms with van der Waals surface area (Å²) in [5.74, 6) is -0.270. The van der Waals surface area contributed by atoms with Crippen molar-refractivity contribution in [1.29, 1.82) is 0 Å². The number of carboxylic acids is 1. The Balaban J connectivity index is 2.10. The zero-order chi connectivity index (χ0) is 13.9. The predicted molar refractivity (Wildman–Crippen MR) is 76.3 cm³/mol. The number of nitrogens with zero attached hydrogens (tertiary/aromatic N) is 1. The molecule has 2 aromatic heterocycles. The molecule has 0 amide bonds. The standard InChI is InChI=1S/C16H11NO3/c18-16(19)14-10-11(7-8-12-4-3-9-20-12)17-15-6-2-1-5-13(14)15/h1-10H,(H,18,19). The fourth-order valence-electron chi connectivity index (χ4n) is 2.01. The van der Waals surface area contributed by atoms with Gasteiger partial charge in [0.25, 0.3) is 0 Å². The number of rotatable bonds is 3. The summed E-state index contributed by atoms with van der Waals surface area (Å²) >= 11 is 0. The van der Waals surface area contributed by atoms with Crippen LogP contribution in [0.4, 0.5) is 0 Å². The van der Waals surface area contributed by atoms with Gasteiger partial charge in [-0.05, 0) is 36.4 Å². The van der Waals surface area contributed by atoms with E-state index in [4.69, 9.17) is 4.42 Å². The average Bonchev–Trinajstić information content (AvgIpc) is 2.97. The van der Waals surface area contributed by atoms with Crippen molar-refractivity contribution in [3.63, 3.8) is 0 Å². The molecule has 20 heavy (non-hydrogen) atoms. The molecule has 1 aromatic carbocycles. The molecule has 1 N–H and O–H groups in total. The maximum absolute atomic E-state index is 11.3. The molecule has 0 atom stereocenters. The highest BCUT2D eigenvalue weighted by atomic mass is 16.4. The van der Waals surface area contributed by atoms with Crippen LogP contribution in [-0.4, -0.2) is 16.1 Å². The predicted octanol–water partition coefficient (Wildman–Crippen LogP) is 3.70. The van der Waals surface area contributed by atoms with Gasteiger partial charge in [-0.25, -0.2) is 9.78 Å². The lowest BCUT2D eigenvalue weighted by Crippen LogP contribution is -1.99. The highest BCUT2D eigenvalue weighted by Gasteiger charge is 2.10. The van der Waals surface area contributed by atoms with E-state index in [1.807, 2.05) is 12.1 Å². The van der Waals surface area contributed by atoms with Crippen LogP contribution in [0.3, 0.4) is 0 Å². The molecular weight excluding hydrogens is 254 g/mol. The molecule has 0 bridgehead atoms. The average molecular weight is 265 g/mol. The van der Waals surface area contributed by atoms with E-state index in [2.05, 4.69) is 4.98 Å². The van der Waals surface area contributed by atoms with Gasteiger partial charge in [0.15, 0.2) is 0 Å². The molecule has 0 spiro atoms. The highest BCUT2D eigenvalue weighted by molar-refractivity contribution is 6.03. The number of furan rings is 1. The molecule has 4 nitrogen and oxygen atoms in total. The van der Waals surface area contributed by atoms with Crippen LogP contribution in [0.5, 0.6) is 0 Å². The fraction of sp³-hybridized carbons (Fsp3) is 0. The van der Waals surface area contributed by atoms with Gasteiger partial charge in [-0.2, -0.15) is 0 Å². The van der Waals surface area contributed by atoms with Gasteiger partial charge in [-0.1, -0.05) is 18.2 Å². The van der Waals surface area contributed by atoms with E-state index in [0.29, 0.717) is 22.4 Å². The van der Waals surface area contributed by atoms with Gasteiger partial charge in [0, 0.05) is 5.39 Å². The summed E-state index contributed by atoms with van der Waals surface area (Å²) in [4.78, 5) is 15.8. The topological polar surface area (TPSA) is 63.3 Å². The van der Waals surface area contributed by atoms with Crippen LogP contribution in [0.15, 0.2) is 53.1 Å². The molecule has 0 saturated heterocycles. The maximum atomic E-state index is 11.3. The number of hydrogen-bond acceptors (Lipinski definition) is 3. The lowest BCUT2D eigenvalue weighted by Gasteiger charge is -2.03. The summed E-state index contributed by atoms with van der Waals surface area (Å²) in [6, 6.07) is 12.4. The van der Waals surface area contributed by atoms with Crippen molar-refractivity contribution < 1.29 is 14.3 Å². The normalized spacial score (nSPS) is 11.2. The Hall–Kier alpha value is -2.88. The van der Waals surface area contributed by atoms with Crippen molar-refractivity contribution in [1.82, 2.24) is 4.98 Å². The van der Waals surface area contributed by atoms with E-state index in [0.717, 1.165) is 0 Å². The molecule has 3 rings (SSSR count). The summed E-state index contributed by atoms with van der Waals surface area (Å²) in [7, 11) is 0. The number of fused-ring (bicyclic) bond motifs is 1. The van der Waals surface area contributed by atoms with Gasteiger partial charge < -0.3 is 9.52 Å². The Morgan fingerprint density at radius 1 is 1.15 bits per heavy atom. The van der Waals surface area contributed by atoms with Crippen molar-refractivity contribution in [2.24, 2.45) is 0 Å². The van der Waals surface area contributed by atoms with Crippen molar-refractivity contribution >= 4 is 29.0 Å². The zero-order valence-corrected chi connectivity index (χ0v) is 10.5. The van der Waals surface area contributed by atoms with Gasteiger partial charge in [0.05, 0.1) is 23.0 Å². The molecule has 4 heteroatoms. The molecule has 0 radical (unpaired) electrons. The number of pyridine rings is 1. The molecular formula is C16H11NO3. The van der Waals surface area contributed by atoms with E-state index in [1.54, 1.807) is 48.7 Å². The zero-order valence-electron chi connectivity index (χ0n) is 10.5. The Labute approximate surface area is 115 Å². The molecule has 98 valence electrons. The molecule has 0 unspecified atom stereocenters. The van der Waals surface area contributed by atoms with E-state index < -0.39 is 5.97 Å². The summed E-state index contributed by atoms with van der Waals surface area (Å²) < 4.78 is 5.19. The molecule has 0 aliphatic carbocycles. The number of para-hydroxylation sites is 1. The summed E-state index contributed by atoms with van der Waals surface area (Å²) in [6.07, 6.45) is 5.07. The van der Waals surface area contributed by atoms with Crippen molar-refractivity contribution in [3.05, 3.63) is 65.7 Å². The number of benzene rings is 1. The minimum Gasteiger partial charge on any atom is -0.478 e. The van der Waals surface area contributed by atoms with Gasteiger partial charge in [-0.3, -0.25) is 0 Å². The number of carbonyl (C=O) groups is 1. The second kappa shape index (κ2) is 5.01. The smallest absolute Gasteiger partial charge is 0.336 e. The molecule has 0 saturated carbocycles. The third-order valence-electron chi connectivity index (χ3n) is 2.93. The van der Waals surface area contributed by atoms with Gasteiger partial charge in [0.1, 0.15) is 5.76 Å². The lowest BCUT2D eigenvalue weighted by molar-refractivity contribution is 0.0699. The van der Waals surface area contributed by atoms with Gasteiger partial charge in [0.2, 0.25) is 0 Å². The van der Waals surface area contributed by atoms with Crippen molar-refractivity contribution in [2.75, 3.05) is 0 Å². The molecule has 0 fully saturated rings. The summed E-state index contributed by atoms with van der Waals surface area (Å²) in [5.41, 5.74) is 1.48. The third kappa shape index (κ3) is 2.31. The Morgan fingerprint density at radius 3 is 2.75 bits per heavy atom. The minimum atomic E-state index is -0.962. The first-order valence-corrected chi connectivity index (χ1v) is 6.09. The first-order valence-electron chi connectivity index (χ1n) is 6.09. The Morgan fingerprint density at radius 2 is 2.00 bits per heavy atom. The van der Waals surface area contributed by atoms with Crippen LogP contribution >= 0.6 is 0 Å². The fourth-order valence-corrected chi connectivity index (χ4v) is 2.01. The monoisotopic (exact) mass is 265 g/mol. The van der Waals surface area contributed by atoms with E-state index in [1.165, 1.54) is 0 Å². The lowest BCUT2D eigenvalue weighted by atomic mass is 10.1. The number of hydrogen-bond donors (Lipinski definition) is 1. The highest BCUT2D eigenvalue weighted by Crippen LogP contribution is 2.19. The van der Waals surface area contributed by atoms with E-state index in [-0.39, 0.29) is 5.56 Å². The van der Waals surface area contributed by atoms with Gasteiger partial charge in [-0.15, -0.1) is 0 Å². The number of aromatic nitrogens is 1. The SMILES string of the molecule is O=C(O)c1cc(C=Cc2ccco2)nc2ccccc12. The Bertz CT molecular complexity index is 789. The summed E-state index contributed by atoms with van der Waals surface area (Å²) in [5, 5.41) is 9.92. The second-order valence-corrected chi connectivity index (χ2v) is 4.27. The Kier molecular flexibility index (Phi) is 3.05. The molecule has 3 aromatic rings. The van der Waals surface area contributed by atoms with Crippen LogP contribution < -0.4 is 0 Å². The van der Waals surface area contributed by atoms with E-state index >= 15 is 0 Å². The number of aromatic carboxylic acids is 1. The van der Waals surface area contributed by atoms with Crippen LogP contribution in [0.1, 0.15) is 21.8 Å². The molecule has 2 heterocycles. The first-order chi connectivity index (χ1) is 9.74.